The average Bonchev–Trinajstić information content (AvgIpc) is 2.49. The van der Waals surface area contributed by atoms with Gasteiger partial charge in [0.05, 0.1) is 18.9 Å². The van der Waals surface area contributed by atoms with Crippen molar-refractivity contribution < 1.29 is 19.5 Å². The summed E-state index contributed by atoms with van der Waals surface area (Å²) in [7, 11) is 1.47. The predicted octanol–water partition coefficient (Wildman–Crippen LogP) is 0.912. The van der Waals surface area contributed by atoms with Crippen LogP contribution in [0.1, 0.15) is 12.5 Å². The zero-order valence-corrected chi connectivity index (χ0v) is 11.2. The number of nitriles is 1. The van der Waals surface area contributed by atoms with Crippen LogP contribution in [0.4, 0.5) is 0 Å². The Morgan fingerprint density at radius 3 is 2.85 bits per heavy atom. The van der Waals surface area contributed by atoms with Crippen LogP contribution in [0.2, 0.25) is 0 Å². The van der Waals surface area contributed by atoms with Crippen LogP contribution in [0.3, 0.4) is 0 Å². The van der Waals surface area contributed by atoms with Crippen LogP contribution in [0.5, 0.6) is 11.5 Å². The summed E-state index contributed by atoms with van der Waals surface area (Å²) >= 11 is 0. The van der Waals surface area contributed by atoms with E-state index in [2.05, 4.69) is 10.5 Å². The number of nitrogens with zero attached hydrogens (tertiary/aromatic N) is 2. The lowest BCUT2D eigenvalue weighted by molar-refractivity contribution is -0.122. The van der Waals surface area contributed by atoms with Crippen LogP contribution in [-0.2, 0) is 4.79 Å². The molecule has 0 aliphatic rings. The highest BCUT2D eigenvalue weighted by Crippen LogP contribution is 2.28. The molecule has 0 aliphatic carbocycles. The van der Waals surface area contributed by atoms with Crippen molar-refractivity contribution in [2.45, 2.75) is 6.92 Å². The van der Waals surface area contributed by atoms with Gasteiger partial charge in [0.15, 0.2) is 18.1 Å². The summed E-state index contributed by atoms with van der Waals surface area (Å²) in [6, 6.07) is 6.73. The Hall–Kier alpha value is -2.75. The maximum absolute atomic E-state index is 11.3. The molecule has 0 atom stereocenters. The molecule has 0 unspecified atom stereocenters. The van der Waals surface area contributed by atoms with Crippen LogP contribution < -0.4 is 14.8 Å². The Balaban J connectivity index is 2.76. The Morgan fingerprint density at radius 2 is 2.25 bits per heavy atom. The second-order valence-electron chi connectivity index (χ2n) is 3.77. The van der Waals surface area contributed by atoms with Gasteiger partial charge in [-0.3, -0.25) is 4.79 Å². The Kier molecular flexibility index (Phi) is 5.84. The van der Waals surface area contributed by atoms with E-state index in [1.807, 2.05) is 0 Å². The van der Waals surface area contributed by atoms with Crippen LogP contribution in [0, 0.1) is 11.3 Å². The molecule has 106 valence electrons. The van der Waals surface area contributed by atoms with E-state index in [0.29, 0.717) is 22.8 Å². The topological polar surface area (TPSA) is 104 Å². The highest BCUT2D eigenvalue weighted by Gasteiger charge is 2.09. The predicted molar refractivity (Wildman–Crippen MR) is 71.1 cm³/mol. The summed E-state index contributed by atoms with van der Waals surface area (Å²) in [6.45, 7) is 1.36. The summed E-state index contributed by atoms with van der Waals surface area (Å²) < 4.78 is 10.5. The highest BCUT2D eigenvalue weighted by atomic mass is 16.5. The zero-order valence-electron chi connectivity index (χ0n) is 11.2. The Morgan fingerprint density at radius 1 is 1.50 bits per heavy atom. The Bertz CT molecular complexity index is 549. The molecule has 1 aromatic carbocycles. The lowest BCUT2D eigenvalue weighted by Crippen LogP contribution is -2.29. The van der Waals surface area contributed by atoms with Gasteiger partial charge in [-0.1, -0.05) is 5.16 Å². The fraction of sp³-hybridized carbons (Fsp3) is 0.308. The number of benzene rings is 1. The standard InChI is InChI=1S/C13H15N3O4/c1-9(16-18)10-3-4-11(12(7-10)19-2)20-8-13(17)15-6-5-14/h3-4,7,18H,6,8H2,1-2H3,(H,15,17)/b16-9+. The molecule has 0 fully saturated rings. The first-order chi connectivity index (χ1) is 9.62. The molecule has 7 heteroatoms. The minimum atomic E-state index is -0.397. The zero-order chi connectivity index (χ0) is 15.0. The number of rotatable bonds is 6. The van der Waals surface area contributed by atoms with Gasteiger partial charge in [-0.2, -0.15) is 5.26 Å². The summed E-state index contributed by atoms with van der Waals surface area (Å²) in [5.41, 5.74) is 1.10. The van der Waals surface area contributed by atoms with E-state index >= 15 is 0 Å². The van der Waals surface area contributed by atoms with Crippen LogP contribution >= 0.6 is 0 Å². The van der Waals surface area contributed by atoms with Crippen molar-refractivity contribution in [1.29, 1.82) is 5.26 Å². The van der Waals surface area contributed by atoms with Crippen molar-refractivity contribution in [2.75, 3.05) is 20.3 Å². The summed E-state index contributed by atoms with van der Waals surface area (Å²) in [6.07, 6.45) is 0. The van der Waals surface area contributed by atoms with Crippen molar-refractivity contribution in [2.24, 2.45) is 5.16 Å². The second-order valence-corrected chi connectivity index (χ2v) is 3.77. The van der Waals surface area contributed by atoms with E-state index in [4.69, 9.17) is 19.9 Å². The molecule has 0 heterocycles. The lowest BCUT2D eigenvalue weighted by atomic mass is 10.1. The van der Waals surface area contributed by atoms with Gasteiger partial charge >= 0.3 is 0 Å². The number of methoxy groups -OCH3 is 1. The largest absolute Gasteiger partial charge is 0.493 e. The number of carbonyl (C=O) groups excluding carboxylic acids is 1. The highest BCUT2D eigenvalue weighted by molar-refractivity contribution is 5.98. The molecule has 0 saturated heterocycles. The second kappa shape index (κ2) is 7.63. The van der Waals surface area contributed by atoms with Gasteiger partial charge in [-0.05, 0) is 25.1 Å². The van der Waals surface area contributed by atoms with E-state index in [0.717, 1.165) is 0 Å². The lowest BCUT2D eigenvalue weighted by Gasteiger charge is -2.11. The summed E-state index contributed by atoms with van der Waals surface area (Å²) in [5.74, 6) is 0.401. The van der Waals surface area contributed by atoms with E-state index < -0.39 is 5.91 Å². The molecule has 20 heavy (non-hydrogen) atoms. The maximum Gasteiger partial charge on any atom is 0.258 e. The quantitative estimate of drug-likeness (QED) is 0.348. The first-order valence-corrected chi connectivity index (χ1v) is 5.76. The summed E-state index contributed by atoms with van der Waals surface area (Å²) in [5, 5.41) is 22.5. The van der Waals surface area contributed by atoms with Crippen molar-refractivity contribution in [1.82, 2.24) is 5.32 Å². The molecule has 0 saturated carbocycles. The number of nitrogens with one attached hydrogen (secondary N) is 1. The molecule has 1 rings (SSSR count). The minimum Gasteiger partial charge on any atom is -0.493 e. The molecular weight excluding hydrogens is 262 g/mol. The first kappa shape index (κ1) is 15.3. The first-order valence-electron chi connectivity index (χ1n) is 5.76. The fourth-order valence-electron chi connectivity index (χ4n) is 1.40. The van der Waals surface area contributed by atoms with Crippen LogP contribution in [0.15, 0.2) is 23.4 Å². The summed E-state index contributed by atoms with van der Waals surface area (Å²) in [4.78, 5) is 11.3. The van der Waals surface area contributed by atoms with Crippen molar-refractivity contribution in [3.63, 3.8) is 0 Å². The maximum atomic E-state index is 11.3. The van der Waals surface area contributed by atoms with Gasteiger partial charge in [0.2, 0.25) is 0 Å². The molecule has 0 aliphatic heterocycles. The van der Waals surface area contributed by atoms with Crippen LogP contribution in [-0.4, -0.2) is 37.1 Å². The molecule has 1 amide bonds. The number of amides is 1. The van der Waals surface area contributed by atoms with Gasteiger partial charge in [0.1, 0.15) is 6.54 Å². The molecule has 0 radical (unpaired) electrons. The van der Waals surface area contributed by atoms with E-state index in [1.165, 1.54) is 7.11 Å². The normalized spacial score (nSPS) is 10.6. The van der Waals surface area contributed by atoms with Crippen molar-refractivity contribution in [3.05, 3.63) is 23.8 Å². The van der Waals surface area contributed by atoms with Gasteiger partial charge in [-0.25, -0.2) is 0 Å². The van der Waals surface area contributed by atoms with Gasteiger partial charge < -0.3 is 20.0 Å². The van der Waals surface area contributed by atoms with Gasteiger partial charge in [0.25, 0.3) is 5.91 Å². The van der Waals surface area contributed by atoms with Crippen molar-refractivity contribution in [3.8, 4) is 17.6 Å². The van der Waals surface area contributed by atoms with E-state index in [-0.39, 0.29) is 13.2 Å². The number of carbonyl (C=O) groups is 1. The number of oxime groups is 1. The van der Waals surface area contributed by atoms with E-state index in [1.54, 1.807) is 31.2 Å². The van der Waals surface area contributed by atoms with Gasteiger partial charge in [-0.15, -0.1) is 0 Å². The number of ether oxygens (including phenoxy) is 2. The molecule has 0 bridgehead atoms. The molecule has 1 aromatic rings. The monoisotopic (exact) mass is 277 g/mol. The minimum absolute atomic E-state index is 0.0651. The van der Waals surface area contributed by atoms with Crippen LogP contribution in [0.25, 0.3) is 0 Å². The smallest absolute Gasteiger partial charge is 0.258 e. The molecular formula is C13H15N3O4. The number of hydrogen-bond acceptors (Lipinski definition) is 6. The number of hydrogen-bond donors (Lipinski definition) is 2. The Labute approximate surface area is 116 Å². The van der Waals surface area contributed by atoms with Gasteiger partial charge in [0, 0.05) is 5.56 Å². The average molecular weight is 277 g/mol. The third-order valence-electron chi connectivity index (χ3n) is 2.45. The molecule has 0 aromatic heterocycles. The third-order valence-corrected chi connectivity index (χ3v) is 2.45. The fourth-order valence-corrected chi connectivity index (χ4v) is 1.40. The molecule has 7 nitrogen and oxygen atoms in total. The third kappa shape index (κ3) is 4.17. The molecule has 0 spiro atoms. The molecule has 2 N–H and O–H groups in total. The SMILES string of the molecule is COc1cc(/C(C)=N/O)ccc1OCC(=O)NCC#N. The van der Waals surface area contributed by atoms with Crippen molar-refractivity contribution >= 4 is 11.6 Å². The van der Waals surface area contributed by atoms with E-state index in [9.17, 15) is 4.79 Å².